The molecule has 1 aromatic carbocycles. The summed E-state index contributed by atoms with van der Waals surface area (Å²) in [6.45, 7) is 1.68. The topological polar surface area (TPSA) is 82.9 Å². The van der Waals surface area contributed by atoms with Gasteiger partial charge in [-0.15, -0.1) is 0 Å². The Bertz CT molecular complexity index is 761. The number of anilines is 1. The van der Waals surface area contributed by atoms with Gasteiger partial charge in [-0.3, -0.25) is 9.55 Å². The van der Waals surface area contributed by atoms with Gasteiger partial charge in [0.25, 0.3) is 0 Å². The first kappa shape index (κ1) is 17.2. The van der Waals surface area contributed by atoms with Gasteiger partial charge in [0.05, 0.1) is 13.3 Å². The Morgan fingerprint density at radius 1 is 1.29 bits per heavy atom. The van der Waals surface area contributed by atoms with Crippen molar-refractivity contribution in [2.45, 2.75) is 19.3 Å². The van der Waals surface area contributed by atoms with Crippen LogP contribution < -0.4 is 9.64 Å². The number of rotatable bonds is 4. The largest absolute Gasteiger partial charge is 0.494 e. The van der Waals surface area contributed by atoms with E-state index in [1.807, 2.05) is 24.3 Å². The molecule has 1 unspecified atom stereocenters. The van der Waals surface area contributed by atoms with E-state index in [-0.39, 0.29) is 12.1 Å². The van der Waals surface area contributed by atoms with E-state index in [1.165, 1.54) is 0 Å². The molecule has 2 heterocycles. The van der Waals surface area contributed by atoms with Crippen molar-refractivity contribution in [3.8, 4) is 5.75 Å². The van der Waals surface area contributed by atoms with Gasteiger partial charge >= 0.3 is 7.60 Å². The quantitative estimate of drug-likeness (QED) is 0.825. The van der Waals surface area contributed by atoms with Gasteiger partial charge in [-0.2, -0.15) is 0 Å². The monoisotopic (exact) mass is 350 g/mol. The van der Waals surface area contributed by atoms with Gasteiger partial charge in [0.1, 0.15) is 11.3 Å². The molecule has 0 amide bonds. The van der Waals surface area contributed by atoms with Gasteiger partial charge in [0.15, 0.2) is 0 Å². The zero-order valence-electron chi connectivity index (χ0n) is 13.8. The van der Waals surface area contributed by atoms with E-state index in [1.54, 1.807) is 13.3 Å². The maximum atomic E-state index is 11.3. The number of pyridine rings is 1. The maximum absolute atomic E-state index is 11.3. The van der Waals surface area contributed by atoms with Crippen LogP contribution in [0.2, 0.25) is 0 Å². The van der Waals surface area contributed by atoms with E-state index < -0.39 is 7.60 Å². The van der Waals surface area contributed by atoms with Crippen molar-refractivity contribution < 1.29 is 19.1 Å². The molecule has 0 aliphatic carbocycles. The lowest BCUT2D eigenvalue weighted by Crippen LogP contribution is -2.24. The fourth-order valence-corrected chi connectivity index (χ4v) is 4.54. The molecule has 1 aromatic heterocycles. The average molecular weight is 350 g/mol. The Morgan fingerprint density at radius 2 is 2.12 bits per heavy atom. The third-order valence-corrected chi connectivity index (χ3v) is 5.61. The van der Waals surface area contributed by atoms with Gasteiger partial charge in [-0.05, 0) is 37.3 Å². The molecule has 0 saturated carbocycles. The normalized spacial score (nSPS) is 19.3. The van der Waals surface area contributed by atoms with Gasteiger partial charge in [-0.25, -0.2) is 0 Å². The maximum Gasteiger partial charge on any atom is 0.325 e. The van der Waals surface area contributed by atoms with Crippen molar-refractivity contribution in [2.24, 2.45) is 5.92 Å². The van der Waals surface area contributed by atoms with E-state index in [0.29, 0.717) is 0 Å². The minimum Gasteiger partial charge on any atom is -0.494 e. The number of hydrogen-bond donors (Lipinski definition) is 2. The molecule has 1 aliphatic rings. The lowest BCUT2D eigenvalue weighted by Gasteiger charge is -2.24. The molecule has 24 heavy (non-hydrogen) atoms. The van der Waals surface area contributed by atoms with Gasteiger partial charge in [0, 0.05) is 30.4 Å². The van der Waals surface area contributed by atoms with Crippen molar-refractivity contribution in [3.63, 3.8) is 0 Å². The van der Waals surface area contributed by atoms with E-state index in [0.717, 1.165) is 54.7 Å². The summed E-state index contributed by atoms with van der Waals surface area (Å²) >= 11 is 0. The summed E-state index contributed by atoms with van der Waals surface area (Å²) in [4.78, 5) is 25.2. The third kappa shape index (κ3) is 3.89. The fourth-order valence-electron chi connectivity index (χ4n) is 3.50. The van der Waals surface area contributed by atoms with Gasteiger partial charge < -0.3 is 19.4 Å². The first-order valence-electron chi connectivity index (χ1n) is 8.19. The Labute approximate surface area is 141 Å². The molecule has 2 N–H and O–H groups in total. The van der Waals surface area contributed by atoms with Gasteiger partial charge in [0.2, 0.25) is 0 Å². The predicted molar refractivity (Wildman–Crippen MR) is 94.8 cm³/mol. The van der Waals surface area contributed by atoms with Crippen LogP contribution >= 0.6 is 7.60 Å². The number of ether oxygens (including phenoxy) is 1. The molecule has 6 nitrogen and oxygen atoms in total. The van der Waals surface area contributed by atoms with Crippen LogP contribution in [-0.4, -0.2) is 41.1 Å². The second-order valence-corrected chi connectivity index (χ2v) is 8.01. The standard InChI is InChI=1S/C17H23N2O4P/c1-23-16-6-2-5-14-15(7-9-18-17(14)16)19-10-3-4-13(8-11-19)12-24(20,21)22/h2,5-7,9,13H,3-4,8,10-12H2,1H3,(H2,20,21,22). The third-order valence-electron chi connectivity index (χ3n) is 4.62. The zero-order chi connectivity index (χ0) is 17.2. The predicted octanol–water partition coefficient (Wildman–Crippen LogP) is 3.03. The van der Waals surface area contributed by atoms with Gasteiger partial charge in [-0.1, -0.05) is 12.1 Å². The van der Waals surface area contributed by atoms with Crippen molar-refractivity contribution in [1.29, 1.82) is 0 Å². The summed E-state index contributed by atoms with van der Waals surface area (Å²) in [6, 6.07) is 7.90. The minimum atomic E-state index is -3.94. The molecule has 3 rings (SSSR count). The van der Waals surface area contributed by atoms with Crippen LogP contribution in [0.1, 0.15) is 19.3 Å². The summed E-state index contributed by atoms with van der Waals surface area (Å²) in [5.41, 5.74) is 1.95. The van der Waals surface area contributed by atoms with Crippen molar-refractivity contribution >= 4 is 24.2 Å². The second kappa shape index (κ2) is 7.09. The highest BCUT2D eigenvalue weighted by atomic mass is 31.2. The van der Waals surface area contributed by atoms with Crippen molar-refractivity contribution in [1.82, 2.24) is 4.98 Å². The number of nitrogens with zero attached hydrogens (tertiary/aromatic N) is 2. The number of para-hydroxylation sites is 1. The Hall–Kier alpha value is -1.62. The first-order valence-corrected chi connectivity index (χ1v) is 9.99. The second-order valence-electron chi connectivity index (χ2n) is 6.32. The molecular formula is C17H23N2O4P. The Balaban J connectivity index is 1.85. The molecule has 0 radical (unpaired) electrons. The molecule has 7 heteroatoms. The molecular weight excluding hydrogens is 327 g/mol. The smallest absolute Gasteiger partial charge is 0.325 e. The van der Waals surface area contributed by atoms with Crippen LogP contribution in [0.5, 0.6) is 5.75 Å². The first-order chi connectivity index (χ1) is 11.5. The van der Waals surface area contributed by atoms with Crippen LogP contribution in [0.4, 0.5) is 5.69 Å². The summed E-state index contributed by atoms with van der Waals surface area (Å²) < 4.78 is 16.7. The highest BCUT2D eigenvalue weighted by Crippen LogP contribution is 2.40. The zero-order valence-corrected chi connectivity index (χ0v) is 14.7. The summed E-state index contributed by atoms with van der Waals surface area (Å²) in [6.07, 6.45) is 4.36. The number of methoxy groups -OCH3 is 1. The highest BCUT2D eigenvalue weighted by Gasteiger charge is 2.25. The summed E-state index contributed by atoms with van der Waals surface area (Å²) in [5.74, 6) is 0.835. The van der Waals surface area contributed by atoms with Crippen LogP contribution in [0.15, 0.2) is 30.5 Å². The highest BCUT2D eigenvalue weighted by molar-refractivity contribution is 7.51. The van der Waals surface area contributed by atoms with Crippen LogP contribution in [-0.2, 0) is 4.57 Å². The number of aromatic nitrogens is 1. The molecule has 130 valence electrons. The average Bonchev–Trinajstić information content (AvgIpc) is 2.77. The molecule has 1 saturated heterocycles. The minimum absolute atomic E-state index is 0.00818. The molecule has 1 aliphatic heterocycles. The molecule has 1 atom stereocenters. The molecule has 1 fully saturated rings. The summed E-state index contributed by atoms with van der Waals surface area (Å²) in [7, 11) is -2.30. The molecule has 0 spiro atoms. The number of fused-ring (bicyclic) bond motifs is 1. The van der Waals surface area contributed by atoms with E-state index in [4.69, 9.17) is 4.74 Å². The lowest BCUT2D eigenvalue weighted by atomic mass is 10.0. The van der Waals surface area contributed by atoms with Crippen molar-refractivity contribution in [2.75, 3.05) is 31.3 Å². The van der Waals surface area contributed by atoms with Crippen LogP contribution in [0.25, 0.3) is 10.9 Å². The summed E-state index contributed by atoms with van der Waals surface area (Å²) in [5, 5.41) is 1.05. The van der Waals surface area contributed by atoms with E-state index in [2.05, 4.69) is 9.88 Å². The lowest BCUT2D eigenvalue weighted by molar-refractivity contribution is 0.356. The fraction of sp³-hybridized carbons (Fsp3) is 0.471. The van der Waals surface area contributed by atoms with Crippen LogP contribution in [0.3, 0.4) is 0 Å². The Kier molecular flexibility index (Phi) is 5.09. The molecule has 2 aromatic rings. The number of benzene rings is 1. The Morgan fingerprint density at radius 3 is 2.88 bits per heavy atom. The van der Waals surface area contributed by atoms with Crippen molar-refractivity contribution in [3.05, 3.63) is 30.5 Å². The molecule has 0 bridgehead atoms. The van der Waals surface area contributed by atoms with E-state index in [9.17, 15) is 14.4 Å². The van der Waals surface area contributed by atoms with E-state index >= 15 is 0 Å². The SMILES string of the molecule is COc1cccc2c(N3CCCC(CP(=O)(O)O)CC3)ccnc12. The number of hydrogen-bond acceptors (Lipinski definition) is 4. The van der Waals surface area contributed by atoms with Crippen LogP contribution in [0, 0.1) is 5.92 Å².